The van der Waals surface area contributed by atoms with Crippen molar-refractivity contribution >= 4 is 21.7 Å². The molecule has 0 aromatic heterocycles. The maximum absolute atomic E-state index is 13.3. The van der Waals surface area contributed by atoms with Crippen molar-refractivity contribution in [3.05, 3.63) is 69.9 Å². The summed E-state index contributed by atoms with van der Waals surface area (Å²) in [6, 6.07) is 14.7. The molecule has 0 radical (unpaired) electrons. The summed E-state index contributed by atoms with van der Waals surface area (Å²) in [4.78, 5) is 12.2. The number of carbonyl (C=O) groups excluding carboxylic acids is 1. The van der Waals surface area contributed by atoms with Crippen molar-refractivity contribution in [3.8, 4) is 0 Å². The van der Waals surface area contributed by atoms with Gasteiger partial charge in [-0.1, -0.05) is 46.3 Å². The average Bonchev–Trinajstić information content (AvgIpc) is 3.18. The Morgan fingerprint density at radius 3 is 2.65 bits per heavy atom. The van der Waals surface area contributed by atoms with Crippen molar-refractivity contribution in [2.24, 2.45) is 5.92 Å². The molecule has 0 spiro atoms. The number of halogens is 2. The van der Waals surface area contributed by atoms with Gasteiger partial charge in [0.15, 0.2) is 0 Å². The molecule has 2 unspecified atom stereocenters. The maximum Gasteiger partial charge on any atom is 0.140 e. The van der Waals surface area contributed by atoms with E-state index in [1.165, 1.54) is 17.7 Å². The van der Waals surface area contributed by atoms with Crippen LogP contribution in [0.5, 0.6) is 0 Å². The van der Waals surface area contributed by atoms with Gasteiger partial charge in [0.2, 0.25) is 0 Å². The summed E-state index contributed by atoms with van der Waals surface area (Å²) >= 11 is 3.25. The van der Waals surface area contributed by atoms with E-state index in [1.807, 2.05) is 18.2 Å². The number of hydrogen-bond acceptors (Lipinski definition) is 1. The van der Waals surface area contributed by atoms with Crippen LogP contribution < -0.4 is 0 Å². The van der Waals surface area contributed by atoms with Crippen molar-refractivity contribution in [1.82, 2.24) is 0 Å². The number of benzene rings is 2. The van der Waals surface area contributed by atoms with Gasteiger partial charge in [-0.3, -0.25) is 4.79 Å². The highest BCUT2D eigenvalue weighted by atomic mass is 79.9. The lowest BCUT2D eigenvalue weighted by Crippen LogP contribution is -2.06. The SMILES string of the molecule is O=C(Cc1cc(F)cc(Br)c1)C1CC1c1ccccc1. The predicted molar refractivity (Wildman–Crippen MR) is 80.1 cm³/mol. The van der Waals surface area contributed by atoms with Crippen molar-refractivity contribution < 1.29 is 9.18 Å². The molecule has 2 aromatic rings. The summed E-state index contributed by atoms with van der Waals surface area (Å²) in [5.41, 5.74) is 1.96. The van der Waals surface area contributed by atoms with Gasteiger partial charge in [0.25, 0.3) is 0 Å². The third-order valence-electron chi connectivity index (χ3n) is 3.73. The molecule has 2 atom stereocenters. The molecule has 102 valence electrons. The highest BCUT2D eigenvalue weighted by molar-refractivity contribution is 9.10. The first-order chi connectivity index (χ1) is 9.63. The fourth-order valence-electron chi connectivity index (χ4n) is 2.66. The molecule has 0 N–H and O–H groups in total. The van der Waals surface area contributed by atoms with Crippen LogP contribution in [-0.2, 0) is 11.2 Å². The second-order valence-electron chi connectivity index (χ2n) is 5.28. The zero-order valence-corrected chi connectivity index (χ0v) is 12.4. The standard InChI is InChI=1S/C17H14BrFO/c18-13-6-11(7-14(19)9-13)8-17(20)16-10-15(16)12-4-2-1-3-5-12/h1-7,9,15-16H,8,10H2. The minimum atomic E-state index is -0.308. The molecule has 0 heterocycles. The highest BCUT2D eigenvalue weighted by Crippen LogP contribution is 2.48. The van der Waals surface area contributed by atoms with Crippen molar-refractivity contribution in [2.75, 3.05) is 0 Å². The fraction of sp³-hybridized carbons (Fsp3) is 0.235. The molecule has 0 bridgehead atoms. The number of carbonyl (C=O) groups is 1. The molecule has 1 nitrogen and oxygen atoms in total. The first-order valence-electron chi connectivity index (χ1n) is 6.66. The normalized spacial score (nSPS) is 20.7. The van der Waals surface area contributed by atoms with Crippen LogP contribution in [0.2, 0.25) is 0 Å². The Labute approximate surface area is 126 Å². The second-order valence-corrected chi connectivity index (χ2v) is 6.20. The molecule has 0 amide bonds. The van der Waals surface area contributed by atoms with Crippen LogP contribution in [0.25, 0.3) is 0 Å². The molecule has 1 aliphatic carbocycles. The van der Waals surface area contributed by atoms with Gasteiger partial charge < -0.3 is 0 Å². The molecule has 1 saturated carbocycles. The van der Waals surface area contributed by atoms with Crippen LogP contribution in [-0.4, -0.2) is 5.78 Å². The van der Waals surface area contributed by atoms with E-state index >= 15 is 0 Å². The van der Waals surface area contributed by atoms with E-state index in [4.69, 9.17) is 0 Å². The van der Waals surface area contributed by atoms with Gasteiger partial charge in [-0.05, 0) is 41.7 Å². The number of hydrogen-bond donors (Lipinski definition) is 0. The van der Waals surface area contributed by atoms with Gasteiger partial charge in [-0.15, -0.1) is 0 Å². The summed E-state index contributed by atoms with van der Waals surface area (Å²) < 4.78 is 14.0. The third kappa shape index (κ3) is 2.98. The monoisotopic (exact) mass is 332 g/mol. The lowest BCUT2D eigenvalue weighted by molar-refractivity contribution is -0.119. The van der Waals surface area contributed by atoms with Crippen molar-refractivity contribution in [3.63, 3.8) is 0 Å². The van der Waals surface area contributed by atoms with E-state index in [9.17, 15) is 9.18 Å². The molecule has 1 fully saturated rings. The molecular weight excluding hydrogens is 319 g/mol. The summed E-state index contributed by atoms with van der Waals surface area (Å²) in [5, 5.41) is 0. The summed E-state index contributed by atoms with van der Waals surface area (Å²) in [5.74, 6) is 0.342. The van der Waals surface area contributed by atoms with Gasteiger partial charge in [0, 0.05) is 16.8 Å². The Balaban J connectivity index is 1.67. The van der Waals surface area contributed by atoms with Gasteiger partial charge in [0.1, 0.15) is 11.6 Å². The molecular formula is C17H14BrFO. The minimum Gasteiger partial charge on any atom is -0.299 e. The van der Waals surface area contributed by atoms with Gasteiger partial charge >= 0.3 is 0 Å². The first kappa shape index (κ1) is 13.5. The molecule has 3 rings (SSSR count). The molecule has 2 aromatic carbocycles. The Morgan fingerprint density at radius 1 is 1.20 bits per heavy atom. The number of rotatable bonds is 4. The Bertz CT molecular complexity index is 618. The predicted octanol–water partition coefficient (Wildman–Crippen LogP) is 4.50. The summed E-state index contributed by atoms with van der Waals surface area (Å²) in [6.07, 6.45) is 1.23. The minimum absolute atomic E-state index is 0.0967. The van der Waals surface area contributed by atoms with Gasteiger partial charge in [0.05, 0.1) is 0 Å². The van der Waals surface area contributed by atoms with E-state index < -0.39 is 0 Å². The largest absolute Gasteiger partial charge is 0.299 e. The van der Waals surface area contributed by atoms with Crippen LogP contribution in [0.1, 0.15) is 23.5 Å². The van der Waals surface area contributed by atoms with Crippen LogP contribution in [0.4, 0.5) is 4.39 Å². The Morgan fingerprint density at radius 2 is 1.95 bits per heavy atom. The first-order valence-corrected chi connectivity index (χ1v) is 7.45. The van der Waals surface area contributed by atoms with E-state index in [0.29, 0.717) is 16.8 Å². The number of Topliss-reactive ketones (excluding diaryl/α,β-unsaturated/α-hetero) is 1. The highest BCUT2D eigenvalue weighted by Gasteiger charge is 2.43. The van der Waals surface area contributed by atoms with E-state index in [2.05, 4.69) is 28.1 Å². The molecule has 0 aliphatic heterocycles. The van der Waals surface area contributed by atoms with Crippen LogP contribution in [0.15, 0.2) is 53.0 Å². The zero-order valence-electron chi connectivity index (χ0n) is 10.9. The van der Waals surface area contributed by atoms with Crippen LogP contribution in [0.3, 0.4) is 0 Å². The fourth-order valence-corrected chi connectivity index (χ4v) is 3.18. The quantitative estimate of drug-likeness (QED) is 0.805. The van der Waals surface area contributed by atoms with Crippen molar-refractivity contribution in [2.45, 2.75) is 18.8 Å². The summed E-state index contributed by atoms with van der Waals surface area (Å²) in [7, 11) is 0. The second kappa shape index (κ2) is 5.49. The van der Waals surface area contributed by atoms with E-state index in [-0.39, 0.29) is 17.5 Å². The van der Waals surface area contributed by atoms with Gasteiger partial charge in [-0.2, -0.15) is 0 Å². The van der Waals surface area contributed by atoms with Crippen LogP contribution in [0, 0.1) is 11.7 Å². The lowest BCUT2D eigenvalue weighted by atomic mass is 10.0. The Kier molecular flexibility index (Phi) is 3.70. The average molecular weight is 333 g/mol. The van der Waals surface area contributed by atoms with E-state index in [1.54, 1.807) is 6.07 Å². The van der Waals surface area contributed by atoms with Crippen LogP contribution >= 0.6 is 15.9 Å². The van der Waals surface area contributed by atoms with Crippen molar-refractivity contribution in [1.29, 1.82) is 0 Å². The van der Waals surface area contributed by atoms with Gasteiger partial charge in [-0.25, -0.2) is 4.39 Å². The summed E-state index contributed by atoms with van der Waals surface area (Å²) in [6.45, 7) is 0. The zero-order chi connectivity index (χ0) is 14.1. The Hall–Kier alpha value is -1.48. The molecule has 20 heavy (non-hydrogen) atoms. The lowest BCUT2D eigenvalue weighted by Gasteiger charge is -2.03. The maximum atomic E-state index is 13.3. The topological polar surface area (TPSA) is 17.1 Å². The molecule has 0 saturated heterocycles. The molecule has 3 heteroatoms. The van der Waals surface area contributed by atoms with E-state index in [0.717, 1.165) is 12.0 Å². The smallest absolute Gasteiger partial charge is 0.140 e. The molecule has 1 aliphatic rings. The third-order valence-corrected chi connectivity index (χ3v) is 4.19. The number of ketones is 1.